The monoisotopic (exact) mass is 573 g/mol. The maximum Gasteiger partial charge on any atom is 0.217 e. The Morgan fingerprint density at radius 2 is 1.95 bits per heavy atom. The molecule has 1 aliphatic heterocycles. The highest BCUT2D eigenvalue weighted by molar-refractivity contribution is 6.33. The minimum absolute atomic E-state index is 0.0243. The summed E-state index contributed by atoms with van der Waals surface area (Å²) >= 11 is 6.47. The van der Waals surface area contributed by atoms with Gasteiger partial charge in [0, 0.05) is 42.6 Å². The lowest BCUT2D eigenvalue weighted by molar-refractivity contribution is -0.120. The molecule has 1 aromatic carbocycles. The Morgan fingerprint density at radius 3 is 2.60 bits per heavy atom. The number of hydrogen-bond donors (Lipinski definition) is 1. The number of hydrogen-bond acceptors (Lipinski definition) is 6. The van der Waals surface area contributed by atoms with E-state index >= 15 is 0 Å². The van der Waals surface area contributed by atoms with E-state index in [1.807, 2.05) is 0 Å². The van der Waals surface area contributed by atoms with Crippen LogP contribution in [0.2, 0.25) is 0 Å². The molecule has 1 amide bonds. The number of halogens is 4. The zero-order valence-electron chi connectivity index (χ0n) is 24.1. The molecule has 3 heterocycles. The third-order valence-corrected chi connectivity index (χ3v) is 6.29. The Morgan fingerprint density at radius 1 is 1.23 bits per heavy atom. The van der Waals surface area contributed by atoms with E-state index in [1.54, 1.807) is 33.6 Å². The minimum Gasteiger partial charge on any atom is -0.487 e. The zero-order valence-corrected chi connectivity index (χ0v) is 22.8. The Kier molecular flexibility index (Phi) is 7.15. The number of allylic oxidation sites excluding steroid dienone is 3. The van der Waals surface area contributed by atoms with Crippen molar-refractivity contribution in [1.29, 1.82) is 0 Å². The summed E-state index contributed by atoms with van der Waals surface area (Å²) in [4.78, 5) is 29.5. The van der Waals surface area contributed by atoms with Gasteiger partial charge in [-0.1, -0.05) is 11.6 Å². The van der Waals surface area contributed by atoms with Crippen LogP contribution in [0.5, 0.6) is 0 Å². The SMILES string of the molecule is [2H]C([2H])(OC1=C(Cl)C(=C=O)N(c2cc(-n3cc(F)c(C(C)(C)NC(C)=O)n3)ncc2C)C(C)=C1)c1ccc(F)cc1F. The van der Waals surface area contributed by atoms with E-state index in [0.29, 0.717) is 23.0 Å². The molecule has 12 heteroatoms. The fourth-order valence-corrected chi connectivity index (χ4v) is 4.34. The summed E-state index contributed by atoms with van der Waals surface area (Å²) in [5.41, 5.74) is -0.676. The average molecular weight is 574 g/mol. The van der Waals surface area contributed by atoms with Crippen LogP contribution in [0.1, 0.15) is 47.3 Å². The molecule has 0 saturated heterocycles. The van der Waals surface area contributed by atoms with Gasteiger partial charge < -0.3 is 15.0 Å². The smallest absolute Gasteiger partial charge is 0.217 e. The summed E-state index contributed by atoms with van der Waals surface area (Å²) in [6.45, 7) is 5.01. The van der Waals surface area contributed by atoms with Crippen molar-refractivity contribution in [2.45, 2.75) is 46.7 Å². The van der Waals surface area contributed by atoms with E-state index in [-0.39, 0.29) is 33.9 Å². The maximum absolute atomic E-state index is 14.9. The molecule has 0 unspecified atom stereocenters. The van der Waals surface area contributed by atoms with Crippen LogP contribution in [0.25, 0.3) is 5.82 Å². The summed E-state index contributed by atoms with van der Waals surface area (Å²) < 4.78 is 65.6. The molecule has 0 aliphatic carbocycles. The van der Waals surface area contributed by atoms with Gasteiger partial charge in [0.15, 0.2) is 23.3 Å². The van der Waals surface area contributed by atoms with Crippen LogP contribution < -0.4 is 10.2 Å². The molecule has 1 N–H and O–H groups in total. The second-order valence-corrected chi connectivity index (χ2v) is 9.86. The van der Waals surface area contributed by atoms with Gasteiger partial charge in [-0.3, -0.25) is 4.79 Å². The van der Waals surface area contributed by atoms with E-state index < -0.39 is 35.1 Å². The van der Waals surface area contributed by atoms with Crippen molar-refractivity contribution in [3.05, 3.63) is 99.2 Å². The van der Waals surface area contributed by atoms with Crippen molar-refractivity contribution in [1.82, 2.24) is 20.1 Å². The predicted octanol–water partition coefficient (Wildman–Crippen LogP) is 5.47. The van der Waals surface area contributed by atoms with Crippen LogP contribution in [0.4, 0.5) is 18.9 Å². The molecule has 0 fully saturated rings. The number of carbonyl (C=O) groups is 1. The van der Waals surface area contributed by atoms with Gasteiger partial charge >= 0.3 is 0 Å². The molecule has 4 rings (SSSR count). The molecular formula is C28H25ClF3N5O3. The molecule has 0 spiro atoms. The summed E-state index contributed by atoms with van der Waals surface area (Å²) in [5, 5.41) is 6.59. The van der Waals surface area contributed by atoms with Crippen LogP contribution in [0, 0.1) is 24.4 Å². The van der Waals surface area contributed by atoms with Crippen molar-refractivity contribution >= 4 is 29.1 Å². The van der Waals surface area contributed by atoms with Crippen molar-refractivity contribution in [3.8, 4) is 5.82 Å². The van der Waals surface area contributed by atoms with E-state index in [2.05, 4.69) is 15.4 Å². The molecule has 2 aromatic heterocycles. The van der Waals surface area contributed by atoms with Crippen molar-refractivity contribution in [2.75, 3.05) is 4.90 Å². The average Bonchev–Trinajstić information content (AvgIpc) is 3.28. The topological polar surface area (TPSA) is 89.4 Å². The van der Waals surface area contributed by atoms with Crippen LogP contribution in [0.15, 0.2) is 64.9 Å². The number of nitrogens with zero attached hydrogens (tertiary/aromatic N) is 4. The van der Waals surface area contributed by atoms with Gasteiger partial charge in [0.1, 0.15) is 34.7 Å². The fourth-order valence-electron chi connectivity index (χ4n) is 4.13. The van der Waals surface area contributed by atoms with E-state index in [4.69, 9.17) is 19.1 Å². The minimum atomic E-state index is -2.78. The molecule has 8 nitrogen and oxygen atoms in total. The Labute approximate surface area is 236 Å². The number of ether oxygens (including phenoxy) is 1. The molecule has 0 saturated carbocycles. The van der Waals surface area contributed by atoms with Gasteiger partial charge in [-0.2, -0.15) is 5.10 Å². The van der Waals surface area contributed by atoms with Crippen LogP contribution in [-0.2, 0) is 26.4 Å². The number of anilines is 1. The van der Waals surface area contributed by atoms with E-state index in [9.17, 15) is 22.8 Å². The molecule has 1 aliphatic rings. The number of aryl methyl sites for hydroxylation is 1. The highest BCUT2D eigenvalue weighted by Crippen LogP contribution is 2.38. The third kappa shape index (κ3) is 5.66. The molecule has 3 aromatic rings. The summed E-state index contributed by atoms with van der Waals surface area (Å²) in [6.07, 6.45) is 3.91. The third-order valence-electron chi connectivity index (χ3n) is 5.93. The Hall–Kier alpha value is -4.34. The zero-order chi connectivity index (χ0) is 31.1. The van der Waals surface area contributed by atoms with Crippen LogP contribution >= 0.6 is 11.6 Å². The molecule has 0 radical (unpaired) electrons. The van der Waals surface area contributed by atoms with Crippen molar-refractivity contribution < 1.29 is 30.2 Å². The van der Waals surface area contributed by atoms with Crippen molar-refractivity contribution in [3.63, 3.8) is 0 Å². The number of rotatable bonds is 7. The summed E-state index contributed by atoms with van der Waals surface area (Å²) in [7, 11) is 0. The molecule has 0 bridgehead atoms. The van der Waals surface area contributed by atoms with Gasteiger partial charge in [0.2, 0.25) is 5.91 Å². The van der Waals surface area contributed by atoms with E-state index in [1.165, 1.54) is 34.8 Å². The normalized spacial score (nSPS) is 14.9. The summed E-state index contributed by atoms with van der Waals surface area (Å²) in [5.74, 6) is -1.49. The Bertz CT molecular complexity index is 1710. The lowest BCUT2D eigenvalue weighted by atomic mass is 10.0. The van der Waals surface area contributed by atoms with Crippen LogP contribution in [0.3, 0.4) is 0 Å². The number of benzene rings is 1. The van der Waals surface area contributed by atoms with Gasteiger partial charge in [-0.25, -0.2) is 27.6 Å². The largest absolute Gasteiger partial charge is 0.487 e. The first-order chi connectivity index (χ1) is 19.6. The molecular weight excluding hydrogens is 547 g/mol. The number of carbonyl (C=O) groups excluding carboxylic acids is 2. The first-order valence-electron chi connectivity index (χ1n) is 12.9. The van der Waals surface area contributed by atoms with Crippen LogP contribution in [-0.4, -0.2) is 26.6 Å². The highest BCUT2D eigenvalue weighted by Gasteiger charge is 2.31. The van der Waals surface area contributed by atoms with Crippen molar-refractivity contribution in [2.24, 2.45) is 0 Å². The lowest BCUT2D eigenvalue weighted by Crippen LogP contribution is -2.40. The summed E-state index contributed by atoms with van der Waals surface area (Å²) in [6, 6.07) is 3.83. The lowest BCUT2D eigenvalue weighted by Gasteiger charge is -2.31. The Balaban J connectivity index is 1.72. The van der Waals surface area contributed by atoms with Gasteiger partial charge in [0.25, 0.3) is 0 Å². The molecule has 0 atom stereocenters. The number of pyridine rings is 1. The fraction of sp³-hybridized carbons (Fsp3) is 0.250. The molecule has 208 valence electrons. The number of aromatic nitrogens is 3. The van der Waals surface area contributed by atoms with Gasteiger partial charge in [0.05, 0.1) is 20.2 Å². The van der Waals surface area contributed by atoms with Gasteiger partial charge in [-0.15, -0.1) is 0 Å². The number of amides is 1. The van der Waals surface area contributed by atoms with E-state index in [0.717, 1.165) is 18.3 Å². The maximum atomic E-state index is 14.9. The quantitative estimate of drug-likeness (QED) is 0.377. The first kappa shape index (κ1) is 25.9. The predicted molar refractivity (Wildman–Crippen MR) is 142 cm³/mol. The molecule has 40 heavy (non-hydrogen) atoms. The first-order valence-corrected chi connectivity index (χ1v) is 12.2. The second kappa shape index (κ2) is 11.0. The standard InChI is InChI=1S/C28H25ClF3N5O3/c1-15-11-33-25(36-12-21(32)27(35-36)28(4,5)34-17(3)39)10-22(15)37-16(2)8-24(26(29)23(37)13-38)40-14-18-6-7-19(30)9-20(18)31/h6-12H,14H2,1-5H3,(H,34,39)/i14D2. The second-order valence-electron chi connectivity index (χ2n) is 9.48. The highest BCUT2D eigenvalue weighted by atomic mass is 35.5. The number of nitrogens with one attached hydrogen (secondary N) is 1. The van der Waals surface area contributed by atoms with Gasteiger partial charge in [-0.05, 0) is 45.4 Å².